The summed E-state index contributed by atoms with van der Waals surface area (Å²) in [4.78, 5) is -1.20. The molecule has 0 saturated carbocycles. The molecule has 53 heavy (non-hydrogen) atoms. The Bertz CT molecular complexity index is 1750. The number of phenols is 1. The largest absolute Gasteiger partial charge is 2.00 e. The number of phenolic OH excluding ortho intramolecular Hbond substituents is 1. The summed E-state index contributed by atoms with van der Waals surface area (Å²) in [7, 11) is -9.30. The maximum Gasteiger partial charge on any atom is 2.00 e. The molecule has 0 radical (unpaired) electrons. The van der Waals surface area contributed by atoms with Crippen LogP contribution in [0, 0.1) is 0 Å². The molecule has 10 nitrogen and oxygen atoms in total. The van der Waals surface area contributed by atoms with Crippen molar-refractivity contribution in [3.63, 3.8) is 0 Å². The molecule has 0 aliphatic carbocycles. The number of aryl methyl sites for hydroxylation is 2. The van der Waals surface area contributed by atoms with E-state index in [1.807, 2.05) is 24.3 Å². The first kappa shape index (κ1) is 46.3. The summed E-state index contributed by atoms with van der Waals surface area (Å²) in [5, 5.41) is 22.0. The smallest absolute Gasteiger partial charge is 0.872 e. The average molecular weight is 795 g/mol. The van der Waals surface area contributed by atoms with Gasteiger partial charge in [-0.25, -0.2) is 8.42 Å². The first-order valence-electron chi connectivity index (χ1n) is 17.9. The van der Waals surface area contributed by atoms with E-state index in [0.29, 0.717) is 47.0 Å². The number of para-hydroxylation sites is 2. The van der Waals surface area contributed by atoms with Crippen LogP contribution in [0.25, 0.3) is 0 Å². The normalized spacial score (nSPS) is 11.2. The molecule has 0 amide bonds. The minimum absolute atomic E-state index is 0. The van der Waals surface area contributed by atoms with Gasteiger partial charge in [0.05, 0.1) is 0 Å². The zero-order chi connectivity index (χ0) is 38.0. The molecule has 4 rings (SSSR count). The Hall–Kier alpha value is -2.84. The van der Waals surface area contributed by atoms with Gasteiger partial charge in [-0.15, -0.1) is 0 Å². The van der Waals surface area contributed by atoms with Crippen LogP contribution in [0.4, 0.5) is 0 Å². The molecule has 0 aromatic heterocycles. The standard InChI is InChI=1S/2C20H26O5S.Ca/c2*1-2-3-4-5-6-8-11-16-14-20(26(22,23)24)18(21)15-19(16)25-17-12-9-7-10-13-17;/h2*7,9-10,12-15,21H,2-6,8,11H2,1H3,(H,22,23,24);/q;;+2/p-2. The summed E-state index contributed by atoms with van der Waals surface area (Å²) in [6, 6.07) is 22.9. The Balaban J connectivity index is 0.000000360. The van der Waals surface area contributed by atoms with Crippen LogP contribution in [0.15, 0.2) is 94.7 Å². The van der Waals surface area contributed by atoms with Crippen LogP contribution in [0.5, 0.6) is 34.5 Å². The van der Waals surface area contributed by atoms with Gasteiger partial charge in [0.1, 0.15) is 43.8 Å². The van der Waals surface area contributed by atoms with Gasteiger partial charge < -0.3 is 24.2 Å². The third-order valence-electron chi connectivity index (χ3n) is 8.36. The number of benzene rings is 4. The van der Waals surface area contributed by atoms with Gasteiger partial charge in [-0.1, -0.05) is 120 Å². The van der Waals surface area contributed by atoms with Gasteiger partial charge in [0.15, 0.2) is 0 Å². The second-order valence-corrected chi connectivity index (χ2v) is 15.4. The molecule has 0 fully saturated rings. The molecular formula is C40H50CaO10S2. The van der Waals surface area contributed by atoms with Crippen molar-refractivity contribution in [2.24, 2.45) is 0 Å². The van der Waals surface area contributed by atoms with Crippen molar-refractivity contribution in [1.82, 2.24) is 0 Å². The number of hydrogen-bond acceptors (Lipinski definition) is 9. The van der Waals surface area contributed by atoms with Crippen molar-refractivity contribution in [2.45, 2.75) is 114 Å². The quantitative estimate of drug-likeness (QED) is 0.0499. The molecule has 0 unspecified atom stereocenters. The van der Waals surface area contributed by atoms with Gasteiger partial charge in [-0.2, -0.15) is 8.42 Å². The molecule has 0 heterocycles. The molecule has 2 N–H and O–H groups in total. The molecular weight excluding hydrogens is 745 g/mol. The van der Waals surface area contributed by atoms with Crippen LogP contribution in [0.1, 0.15) is 102 Å². The van der Waals surface area contributed by atoms with Crippen molar-refractivity contribution < 1.29 is 45.6 Å². The van der Waals surface area contributed by atoms with Crippen molar-refractivity contribution in [2.75, 3.05) is 0 Å². The maximum absolute atomic E-state index is 12.0. The average Bonchev–Trinajstić information content (AvgIpc) is 3.09. The first-order valence-corrected chi connectivity index (χ1v) is 20.8. The fourth-order valence-electron chi connectivity index (χ4n) is 5.58. The summed E-state index contributed by atoms with van der Waals surface area (Å²) in [5.74, 6) is 0.490. The van der Waals surface area contributed by atoms with Crippen LogP contribution in [-0.2, 0) is 33.1 Å². The molecule has 284 valence electrons. The van der Waals surface area contributed by atoms with Crippen LogP contribution in [-0.4, -0.2) is 68.8 Å². The molecule has 0 aliphatic rings. The van der Waals surface area contributed by atoms with Crippen LogP contribution in [0.2, 0.25) is 0 Å². The van der Waals surface area contributed by atoms with E-state index >= 15 is 0 Å². The topological polar surface area (TPSA) is 173 Å². The van der Waals surface area contributed by atoms with Gasteiger partial charge in [0.25, 0.3) is 10.1 Å². The second-order valence-electron chi connectivity index (χ2n) is 12.6. The van der Waals surface area contributed by atoms with Crippen LogP contribution >= 0.6 is 0 Å². The fraction of sp³-hybridized carbons (Fsp3) is 0.400. The van der Waals surface area contributed by atoms with E-state index in [4.69, 9.17) is 9.47 Å². The molecule has 0 saturated heterocycles. The van der Waals surface area contributed by atoms with Crippen molar-refractivity contribution in [3.05, 3.63) is 96.1 Å². The zero-order valence-electron chi connectivity index (χ0n) is 30.7. The summed E-state index contributed by atoms with van der Waals surface area (Å²) in [5.41, 5.74) is 1.22. The van der Waals surface area contributed by atoms with Gasteiger partial charge in [-0.3, -0.25) is 4.55 Å². The number of unbranched alkanes of at least 4 members (excludes halogenated alkanes) is 10. The van der Waals surface area contributed by atoms with Crippen LogP contribution < -0.4 is 14.6 Å². The number of hydrogen-bond donors (Lipinski definition) is 2. The van der Waals surface area contributed by atoms with Crippen LogP contribution in [0.3, 0.4) is 0 Å². The second kappa shape index (κ2) is 23.8. The van der Waals surface area contributed by atoms with Gasteiger partial charge in [-0.05, 0) is 79.3 Å². The maximum atomic E-state index is 12.0. The Labute approximate surface area is 345 Å². The van der Waals surface area contributed by atoms with E-state index in [-0.39, 0.29) is 37.7 Å². The van der Waals surface area contributed by atoms with E-state index in [0.717, 1.165) is 44.6 Å². The van der Waals surface area contributed by atoms with Gasteiger partial charge >= 0.3 is 37.7 Å². The van der Waals surface area contributed by atoms with Crippen molar-refractivity contribution in [3.8, 4) is 34.5 Å². The Morgan fingerprint density at radius 2 is 0.981 bits per heavy atom. The Morgan fingerprint density at radius 3 is 1.40 bits per heavy atom. The first-order chi connectivity index (χ1) is 24.8. The minimum atomic E-state index is -4.81. The summed E-state index contributed by atoms with van der Waals surface area (Å²) in [6.45, 7) is 4.32. The summed E-state index contributed by atoms with van der Waals surface area (Å²) >= 11 is 0. The zero-order valence-corrected chi connectivity index (χ0v) is 34.5. The van der Waals surface area contributed by atoms with Gasteiger partial charge in [0.2, 0.25) is 0 Å². The van der Waals surface area contributed by atoms with E-state index in [9.17, 15) is 36.2 Å². The number of aromatic hydroxyl groups is 1. The third kappa shape index (κ3) is 16.6. The SMILES string of the molecule is CCCCCCCCc1cc(S(=O)(=O)O)c(O)cc1Oc1ccccc1.CCCCCCCCc1cc(S(=O)(=O)[O-])c([O-])cc1Oc1ccccc1.[Ca+2]. The summed E-state index contributed by atoms with van der Waals surface area (Å²) in [6.07, 6.45) is 14.3. The predicted octanol–water partition coefficient (Wildman–Crippen LogP) is 9.31. The van der Waals surface area contributed by atoms with Crippen molar-refractivity contribution >= 4 is 58.0 Å². The molecule has 0 spiro atoms. The molecule has 13 heteroatoms. The van der Waals surface area contributed by atoms with E-state index in [1.54, 1.807) is 36.4 Å². The van der Waals surface area contributed by atoms with E-state index in [2.05, 4.69) is 13.8 Å². The van der Waals surface area contributed by atoms with E-state index in [1.165, 1.54) is 56.7 Å². The van der Waals surface area contributed by atoms with Gasteiger partial charge in [0, 0.05) is 11.0 Å². The Morgan fingerprint density at radius 1 is 0.585 bits per heavy atom. The van der Waals surface area contributed by atoms with E-state index < -0.39 is 41.5 Å². The molecule has 0 atom stereocenters. The fourth-order valence-corrected chi connectivity index (χ4v) is 6.79. The summed E-state index contributed by atoms with van der Waals surface area (Å²) < 4.78 is 77.8. The Kier molecular flexibility index (Phi) is 20.8. The molecule has 4 aromatic carbocycles. The predicted molar refractivity (Wildman–Crippen MR) is 205 cm³/mol. The minimum Gasteiger partial charge on any atom is -0.872 e. The number of rotatable bonds is 20. The monoisotopic (exact) mass is 794 g/mol. The molecule has 0 aliphatic heterocycles. The number of ether oxygens (including phenoxy) is 2. The molecule has 4 aromatic rings. The van der Waals surface area contributed by atoms with Crippen molar-refractivity contribution in [1.29, 1.82) is 0 Å². The molecule has 0 bridgehead atoms. The third-order valence-corrected chi connectivity index (χ3v) is 10.1.